The summed E-state index contributed by atoms with van der Waals surface area (Å²) in [5, 5.41) is 11.0. The van der Waals surface area contributed by atoms with Gasteiger partial charge in [0, 0.05) is 24.8 Å². The molecule has 8 nitrogen and oxygen atoms in total. The molecule has 1 fully saturated rings. The molecule has 1 aromatic heterocycles. The average Bonchev–Trinajstić information content (AvgIpc) is 3.11. The van der Waals surface area contributed by atoms with Crippen molar-refractivity contribution in [2.45, 2.75) is 50.7 Å². The van der Waals surface area contributed by atoms with Crippen LogP contribution in [0.2, 0.25) is 0 Å². The highest BCUT2D eigenvalue weighted by Crippen LogP contribution is 2.28. The fourth-order valence-electron chi connectivity index (χ4n) is 3.55. The van der Waals surface area contributed by atoms with Crippen molar-refractivity contribution in [3.8, 4) is 0 Å². The summed E-state index contributed by atoms with van der Waals surface area (Å²) < 4.78 is 27.3. The van der Waals surface area contributed by atoms with E-state index in [0.717, 1.165) is 29.7 Å². The Morgan fingerprint density at radius 1 is 1.21 bits per heavy atom. The summed E-state index contributed by atoms with van der Waals surface area (Å²) >= 11 is 0. The van der Waals surface area contributed by atoms with Gasteiger partial charge < -0.3 is 10.2 Å². The zero-order chi connectivity index (χ0) is 20.5. The van der Waals surface area contributed by atoms with Gasteiger partial charge in [-0.1, -0.05) is 26.0 Å². The van der Waals surface area contributed by atoms with Gasteiger partial charge in [-0.2, -0.15) is 4.31 Å². The van der Waals surface area contributed by atoms with Crippen LogP contribution in [0.5, 0.6) is 0 Å². The minimum Gasteiger partial charge on any atom is -0.324 e. The summed E-state index contributed by atoms with van der Waals surface area (Å²) in [6, 6.07) is 6.58. The van der Waals surface area contributed by atoms with E-state index in [2.05, 4.69) is 51.4 Å². The van der Waals surface area contributed by atoms with Gasteiger partial charge in [-0.05, 0) is 57.0 Å². The van der Waals surface area contributed by atoms with Gasteiger partial charge in [-0.25, -0.2) is 8.42 Å². The first-order chi connectivity index (χ1) is 13.2. The van der Waals surface area contributed by atoms with Crippen molar-refractivity contribution in [1.29, 1.82) is 0 Å². The van der Waals surface area contributed by atoms with Gasteiger partial charge in [0.2, 0.25) is 5.95 Å². The predicted molar refractivity (Wildman–Crippen MR) is 110 cm³/mol. The second kappa shape index (κ2) is 8.18. The second-order valence-electron chi connectivity index (χ2n) is 7.95. The van der Waals surface area contributed by atoms with Crippen molar-refractivity contribution >= 4 is 21.7 Å². The maximum atomic E-state index is 12.9. The molecule has 0 bridgehead atoms. The van der Waals surface area contributed by atoms with Crippen LogP contribution in [0.25, 0.3) is 0 Å². The fourth-order valence-corrected chi connectivity index (χ4v) is 4.86. The van der Waals surface area contributed by atoms with Gasteiger partial charge in [-0.3, -0.25) is 4.98 Å². The molecule has 0 atom stereocenters. The van der Waals surface area contributed by atoms with E-state index >= 15 is 0 Å². The zero-order valence-corrected chi connectivity index (χ0v) is 18.0. The van der Waals surface area contributed by atoms with E-state index in [1.807, 2.05) is 27.1 Å². The summed E-state index contributed by atoms with van der Waals surface area (Å²) in [6.07, 6.45) is 1.62. The Balaban J connectivity index is 1.76. The van der Waals surface area contributed by atoms with Crippen molar-refractivity contribution in [2.75, 3.05) is 32.5 Å². The largest absolute Gasteiger partial charge is 0.324 e. The molecule has 0 unspecified atom stereocenters. The number of nitrogens with one attached hydrogen (secondary N) is 2. The summed E-state index contributed by atoms with van der Waals surface area (Å²) in [6.45, 7) is 7.23. The number of hydrogen-bond acceptors (Lipinski definition) is 6. The maximum Gasteiger partial charge on any atom is 0.278 e. The normalized spacial score (nSPS) is 16.8. The molecule has 154 valence electrons. The quantitative estimate of drug-likeness (QED) is 0.766. The van der Waals surface area contributed by atoms with Gasteiger partial charge in [-0.15, -0.1) is 10.2 Å². The lowest BCUT2D eigenvalue weighted by Gasteiger charge is -2.33. The van der Waals surface area contributed by atoms with E-state index in [-0.39, 0.29) is 5.16 Å². The van der Waals surface area contributed by atoms with E-state index in [0.29, 0.717) is 31.0 Å². The van der Waals surface area contributed by atoms with Crippen LogP contribution in [0.4, 0.5) is 11.6 Å². The maximum absolute atomic E-state index is 12.9. The number of sulfonamides is 1. The third-order valence-corrected chi connectivity index (χ3v) is 7.01. The summed E-state index contributed by atoms with van der Waals surface area (Å²) in [7, 11) is 0.384. The highest BCUT2D eigenvalue weighted by Gasteiger charge is 2.32. The number of aryl methyl sites for hydroxylation is 1. The molecule has 2 N–H and O–H groups in total. The first kappa shape index (κ1) is 20.8. The Morgan fingerprint density at radius 2 is 1.89 bits per heavy atom. The Hall–Kier alpha value is -1.97. The van der Waals surface area contributed by atoms with Gasteiger partial charge in [0.1, 0.15) is 0 Å². The number of aromatic nitrogens is 3. The van der Waals surface area contributed by atoms with Crippen LogP contribution in [0.15, 0.2) is 23.4 Å². The number of nitrogens with zero attached hydrogens (tertiary/aromatic N) is 4. The first-order valence-corrected chi connectivity index (χ1v) is 11.1. The van der Waals surface area contributed by atoms with Crippen molar-refractivity contribution in [1.82, 2.24) is 24.4 Å². The van der Waals surface area contributed by atoms with E-state index in [9.17, 15) is 8.42 Å². The molecule has 2 aromatic rings. The third kappa shape index (κ3) is 4.37. The number of piperidine rings is 1. The lowest BCUT2D eigenvalue weighted by Crippen LogP contribution is -2.44. The second-order valence-corrected chi connectivity index (χ2v) is 9.80. The standard InChI is InChI=1S/C19H30N6O2S/c1-13(2)16-7-6-14(3)12-17(16)20-18-21-19(23-22-18)28(26,27)25-10-8-15(9-11-25)24(4)5/h6-7,12-13,15H,8-11H2,1-5H3,(H2,20,21,22,23). The van der Waals surface area contributed by atoms with Gasteiger partial charge >= 0.3 is 0 Å². The van der Waals surface area contributed by atoms with Crippen LogP contribution in [-0.2, 0) is 10.0 Å². The molecular formula is C19H30N6O2S. The fraction of sp³-hybridized carbons (Fsp3) is 0.579. The molecule has 1 saturated heterocycles. The van der Waals surface area contributed by atoms with Crippen LogP contribution >= 0.6 is 0 Å². The van der Waals surface area contributed by atoms with Gasteiger partial charge in [0.25, 0.3) is 15.2 Å². The number of anilines is 2. The number of hydrogen-bond donors (Lipinski definition) is 2. The summed E-state index contributed by atoms with van der Waals surface area (Å²) in [5.74, 6) is 0.654. The monoisotopic (exact) mass is 406 g/mol. The molecule has 2 heterocycles. The highest BCUT2D eigenvalue weighted by atomic mass is 32.2. The minimum absolute atomic E-state index is 0.114. The lowest BCUT2D eigenvalue weighted by molar-refractivity contribution is 0.196. The van der Waals surface area contributed by atoms with Crippen molar-refractivity contribution in [3.05, 3.63) is 29.3 Å². The van der Waals surface area contributed by atoms with Crippen molar-refractivity contribution in [2.24, 2.45) is 0 Å². The van der Waals surface area contributed by atoms with Gasteiger partial charge in [0.15, 0.2) is 0 Å². The Labute approximate surface area is 167 Å². The summed E-state index contributed by atoms with van der Waals surface area (Å²) in [5.41, 5.74) is 3.15. The molecule has 0 amide bonds. The van der Waals surface area contributed by atoms with Crippen LogP contribution < -0.4 is 5.32 Å². The molecule has 0 saturated carbocycles. The minimum atomic E-state index is -3.67. The zero-order valence-electron chi connectivity index (χ0n) is 17.2. The molecule has 9 heteroatoms. The highest BCUT2D eigenvalue weighted by molar-refractivity contribution is 7.88. The van der Waals surface area contributed by atoms with E-state index in [4.69, 9.17) is 0 Å². The molecule has 0 spiro atoms. The number of benzene rings is 1. The van der Waals surface area contributed by atoms with Crippen LogP contribution in [0, 0.1) is 6.92 Å². The molecule has 28 heavy (non-hydrogen) atoms. The Morgan fingerprint density at radius 3 is 2.50 bits per heavy atom. The third-order valence-electron chi connectivity index (χ3n) is 5.29. The predicted octanol–water partition coefficient (Wildman–Crippen LogP) is 2.69. The van der Waals surface area contributed by atoms with Crippen molar-refractivity contribution in [3.63, 3.8) is 0 Å². The first-order valence-electron chi connectivity index (χ1n) is 9.65. The molecule has 0 radical (unpaired) electrons. The van der Waals surface area contributed by atoms with E-state index in [1.165, 1.54) is 4.31 Å². The van der Waals surface area contributed by atoms with Crippen molar-refractivity contribution < 1.29 is 8.42 Å². The van der Waals surface area contributed by atoms with E-state index in [1.54, 1.807) is 0 Å². The topological polar surface area (TPSA) is 94.2 Å². The molecule has 3 rings (SSSR count). The lowest BCUT2D eigenvalue weighted by atomic mass is 9.99. The van der Waals surface area contributed by atoms with Crippen LogP contribution in [0.3, 0.4) is 0 Å². The Bertz CT molecular complexity index is 914. The SMILES string of the molecule is Cc1ccc(C(C)C)c(Nc2nnc(S(=O)(=O)N3CCC(N(C)C)CC3)[nH]2)c1. The van der Waals surface area contributed by atoms with Crippen LogP contribution in [0.1, 0.15) is 43.7 Å². The molecule has 0 aliphatic carbocycles. The Kier molecular flexibility index (Phi) is 6.07. The molecular weight excluding hydrogens is 376 g/mol. The molecule has 1 aliphatic heterocycles. The molecule has 1 aromatic carbocycles. The van der Waals surface area contributed by atoms with Crippen LogP contribution in [-0.4, -0.2) is 66.0 Å². The smallest absolute Gasteiger partial charge is 0.278 e. The number of rotatable bonds is 6. The molecule has 1 aliphatic rings. The number of H-pyrrole nitrogens is 1. The number of aromatic amines is 1. The van der Waals surface area contributed by atoms with Gasteiger partial charge in [0.05, 0.1) is 0 Å². The van der Waals surface area contributed by atoms with E-state index < -0.39 is 10.0 Å². The average molecular weight is 407 g/mol. The summed E-state index contributed by atoms with van der Waals surface area (Å²) in [4.78, 5) is 4.99.